The van der Waals surface area contributed by atoms with Gasteiger partial charge in [-0.15, -0.1) is 0 Å². The maximum Gasteiger partial charge on any atom is 0.408 e. The minimum atomic E-state index is -1.30. The molecule has 0 aliphatic rings. The Morgan fingerprint density at radius 2 is 1.64 bits per heavy atom. The number of aromatic hydroxyl groups is 1. The van der Waals surface area contributed by atoms with Crippen molar-refractivity contribution in [2.75, 3.05) is 6.61 Å². The second-order valence-electron chi connectivity index (χ2n) is 9.41. The van der Waals surface area contributed by atoms with Crippen molar-refractivity contribution in [2.24, 2.45) is 0 Å². The van der Waals surface area contributed by atoms with Crippen LogP contribution in [0.25, 0.3) is 0 Å². The summed E-state index contributed by atoms with van der Waals surface area (Å²) in [6.45, 7) is 11.8. The Morgan fingerprint density at radius 1 is 1.06 bits per heavy atom. The minimum absolute atomic E-state index is 0.0273. The third-order valence-electron chi connectivity index (χ3n) is 4.83. The number of hydrogen-bond donors (Lipinski definition) is 4. The number of aliphatic hydroxyl groups is 1. The molecule has 1 aromatic carbocycles. The van der Waals surface area contributed by atoms with E-state index in [1.165, 1.54) is 17.0 Å². The highest BCUT2D eigenvalue weighted by molar-refractivity contribution is 5.92. The van der Waals surface area contributed by atoms with E-state index in [4.69, 9.17) is 4.74 Å². The van der Waals surface area contributed by atoms with Gasteiger partial charge in [-0.2, -0.15) is 0 Å². The number of hydrogen-bond acceptors (Lipinski definition) is 6. The second kappa shape index (κ2) is 12.4. The van der Waals surface area contributed by atoms with Gasteiger partial charge in [0.1, 0.15) is 23.4 Å². The van der Waals surface area contributed by atoms with Crippen molar-refractivity contribution >= 4 is 17.9 Å². The summed E-state index contributed by atoms with van der Waals surface area (Å²) in [5.74, 6) is -0.994. The van der Waals surface area contributed by atoms with Crippen molar-refractivity contribution in [1.29, 1.82) is 0 Å². The van der Waals surface area contributed by atoms with Crippen molar-refractivity contribution < 1.29 is 29.3 Å². The number of carbonyl (C=O) groups excluding carboxylic acids is 3. The zero-order valence-corrected chi connectivity index (χ0v) is 20.7. The van der Waals surface area contributed by atoms with Crippen LogP contribution in [0, 0.1) is 0 Å². The molecule has 0 aromatic heterocycles. The highest BCUT2D eigenvalue weighted by Crippen LogP contribution is 2.27. The highest BCUT2D eigenvalue weighted by atomic mass is 16.6. The van der Waals surface area contributed by atoms with E-state index in [-0.39, 0.29) is 11.8 Å². The Hall–Kier alpha value is -2.81. The number of phenolic OH excluding ortho intramolecular Hbond substituents is 1. The number of amides is 3. The largest absolute Gasteiger partial charge is 0.508 e. The summed E-state index contributed by atoms with van der Waals surface area (Å²) in [5.41, 5.74) is -0.292. The second-order valence-corrected chi connectivity index (χ2v) is 9.41. The lowest BCUT2D eigenvalue weighted by Crippen LogP contribution is -2.56. The molecule has 1 rings (SSSR count). The quantitative estimate of drug-likeness (QED) is 0.421. The zero-order chi connectivity index (χ0) is 25.3. The van der Waals surface area contributed by atoms with Crippen LogP contribution in [0.5, 0.6) is 5.75 Å². The molecule has 0 bridgehead atoms. The van der Waals surface area contributed by atoms with Crippen LogP contribution in [0.4, 0.5) is 4.79 Å². The molecule has 0 radical (unpaired) electrons. The van der Waals surface area contributed by atoms with Crippen LogP contribution in [0.3, 0.4) is 0 Å². The standard InChI is InChI=1S/C24H39N3O6/c1-8-9-16(4)25-21(30)20(17-10-12-18(29)13-11-17)27(15(2)3)22(31)19(14-28)26-23(32)33-24(5,6)7/h10-13,15-16,19-20,28-29H,8-9,14H2,1-7H3,(H,25,30)(H,26,32). The molecular weight excluding hydrogens is 426 g/mol. The first-order valence-corrected chi connectivity index (χ1v) is 11.3. The van der Waals surface area contributed by atoms with E-state index >= 15 is 0 Å². The summed E-state index contributed by atoms with van der Waals surface area (Å²) in [4.78, 5) is 40.4. The Morgan fingerprint density at radius 3 is 2.09 bits per heavy atom. The molecule has 4 N–H and O–H groups in total. The smallest absolute Gasteiger partial charge is 0.408 e. The van der Waals surface area contributed by atoms with E-state index in [1.807, 2.05) is 13.8 Å². The van der Waals surface area contributed by atoms with Gasteiger partial charge in [0.2, 0.25) is 11.8 Å². The first-order valence-electron chi connectivity index (χ1n) is 11.3. The number of ether oxygens (including phenoxy) is 1. The van der Waals surface area contributed by atoms with E-state index in [0.717, 1.165) is 12.8 Å². The van der Waals surface area contributed by atoms with Crippen LogP contribution < -0.4 is 10.6 Å². The van der Waals surface area contributed by atoms with E-state index in [1.54, 1.807) is 46.8 Å². The lowest BCUT2D eigenvalue weighted by Gasteiger charge is -2.37. The van der Waals surface area contributed by atoms with Crippen molar-refractivity contribution in [3.05, 3.63) is 29.8 Å². The molecule has 0 heterocycles. The molecule has 186 valence electrons. The number of rotatable bonds is 10. The number of nitrogens with one attached hydrogen (secondary N) is 2. The molecule has 0 aliphatic carbocycles. The predicted molar refractivity (Wildman–Crippen MR) is 126 cm³/mol. The van der Waals surface area contributed by atoms with E-state index in [9.17, 15) is 24.6 Å². The summed E-state index contributed by atoms with van der Waals surface area (Å²) < 4.78 is 5.21. The summed E-state index contributed by atoms with van der Waals surface area (Å²) >= 11 is 0. The van der Waals surface area contributed by atoms with Crippen molar-refractivity contribution in [3.8, 4) is 5.75 Å². The fraction of sp³-hybridized carbons (Fsp3) is 0.625. The van der Waals surface area contributed by atoms with Crippen LogP contribution in [0.15, 0.2) is 24.3 Å². The molecule has 3 amide bonds. The molecule has 0 aliphatic heterocycles. The average Bonchev–Trinajstić information content (AvgIpc) is 2.69. The Bertz CT molecular complexity index is 788. The number of benzene rings is 1. The molecular formula is C24H39N3O6. The monoisotopic (exact) mass is 465 g/mol. The Kier molecular flexibility index (Phi) is 10.6. The first kappa shape index (κ1) is 28.2. The van der Waals surface area contributed by atoms with E-state index in [0.29, 0.717) is 5.56 Å². The minimum Gasteiger partial charge on any atom is -0.508 e. The number of alkyl carbamates (subject to hydrolysis) is 1. The van der Waals surface area contributed by atoms with Crippen LogP contribution in [-0.4, -0.2) is 63.4 Å². The van der Waals surface area contributed by atoms with Crippen molar-refractivity contribution in [3.63, 3.8) is 0 Å². The Balaban J connectivity index is 3.33. The van der Waals surface area contributed by atoms with Crippen molar-refractivity contribution in [2.45, 2.75) is 91.1 Å². The van der Waals surface area contributed by atoms with Gasteiger partial charge in [0, 0.05) is 12.1 Å². The Labute approximate surface area is 196 Å². The maximum atomic E-state index is 13.5. The number of phenols is 1. The van der Waals surface area contributed by atoms with Crippen molar-refractivity contribution in [1.82, 2.24) is 15.5 Å². The fourth-order valence-corrected chi connectivity index (χ4v) is 3.42. The molecule has 3 atom stereocenters. The van der Waals surface area contributed by atoms with Gasteiger partial charge in [0.15, 0.2) is 0 Å². The molecule has 0 saturated carbocycles. The zero-order valence-electron chi connectivity index (χ0n) is 20.7. The molecule has 33 heavy (non-hydrogen) atoms. The number of aliphatic hydroxyl groups excluding tert-OH is 1. The fourth-order valence-electron chi connectivity index (χ4n) is 3.42. The molecule has 9 nitrogen and oxygen atoms in total. The normalized spacial score (nSPS) is 14.2. The summed E-state index contributed by atoms with van der Waals surface area (Å²) in [5, 5.41) is 24.9. The average molecular weight is 466 g/mol. The van der Waals surface area contributed by atoms with Gasteiger partial charge < -0.3 is 30.5 Å². The van der Waals surface area contributed by atoms with Gasteiger partial charge in [-0.25, -0.2) is 4.79 Å². The van der Waals surface area contributed by atoms with Crippen LogP contribution >= 0.6 is 0 Å². The topological polar surface area (TPSA) is 128 Å². The lowest BCUT2D eigenvalue weighted by molar-refractivity contribution is -0.145. The SMILES string of the molecule is CCCC(C)NC(=O)C(c1ccc(O)cc1)N(C(=O)C(CO)NC(=O)OC(C)(C)C)C(C)C. The van der Waals surface area contributed by atoms with Crippen LogP contribution in [0.1, 0.15) is 72.9 Å². The predicted octanol–water partition coefficient (Wildman–Crippen LogP) is 2.86. The number of nitrogens with zero attached hydrogens (tertiary/aromatic N) is 1. The molecule has 1 aromatic rings. The third-order valence-corrected chi connectivity index (χ3v) is 4.83. The van der Waals surface area contributed by atoms with Gasteiger partial charge in [-0.3, -0.25) is 9.59 Å². The lowest BCUT2D eigenvalue weighted by atomic mass is 10.0. The van der Waals surface area contributed by atoms with Gasteiger partial charge >= 0.3 is 6.09 Å². The molecule has 3 unspecified atom stereocenters. The van der Waals surface area contributed by atoms with Crippen LogP contribution in [0.2, 0.25) is 0 Å². The molecule has 9 heteroatoms. The van der Waals surface area contributed by atoms with Gasteiger partial charge in [0.05, 0.1) is 6.61 Å². The highest BCUT2D eigenvalue weighted by Gasteiger charge is 2.37. The maximum absolute atomic E-state index is 13.5. The van der Waals surface area contributed by atoms with Gasteiger partial charge in [-0.1, -0.05) is 25.5 Å². The van der Waals surface area contributed by atoms with E-state index in [2.05, 4.69) is 10.6 Å². The molecule has 0 spiro atoms. The third kappa shape index (κ3) is 8.92. The summed E-state index contributed by atoms with van der Waals surface area (Å²) in [6.07, 6.45) is 0.800. The first-order chi connectivity index (χ1) is 15.3. The molecule has 0 saturated heterocycles. The van der Waals surface area contributed by atoms with E-state index < -0.39 is 48.2 Å². The summed E-state index contributed by atoms with van der Waals surface area (Å²) in [6, 6.07) is 3.13. The molecule has 0 fully saturated rings. The number of carbonyl (C=O) groups is 3. The van der Waals surface area contributed by atoms with Crippen LogP contribution in [-0.2, 0) is 14.3 Å². The summed E-state index contributed by atoms with van der Waals surface area (Å²) in [7, 11) is 0. The van der Waals surface area contributed by atoms with Gasteiger partial charge in [0.25, 0.3) is 0 Å². The van der Waals surface area contributed by atoms with Gasteiger partial charge in [-0.05, 0) is 65.7 Å².